The number of nitrogens with one attached hydrogen (secondary N) is 2. The lowest BCUT2D eigenvalue weighted by Crippen LogP contribution is -2.46. The molecule has 5 nitrogen and oxygen atoms in total. The van der Waals surface area contributed by atoms with Crippen molar-refractivity contribution in [3.8, 4) is 5.75 Å². The van der Waals surface area contributed by atoms with E-state index in [2.05, 4.69) is 64.8 Å². The molecule has 27 heavy (non-hydrogen) atoms. The van der Waals surface area contributed by atoms with E-state index in [0.717, 1.165) is 37.5 Å². The maximum Gasteiger partial charge on any atom is 0.192 e. The number of nitrogens with zero attached hydrogens (tertiary/aromatic N) is 2. The molecular weight excluding hydrogens is 336 g/mol. The Kier molecular flexibility index (Phi) is 5.10. The van der Waals surface area contributed by atoms with E-state index in [9.17, 15) is 0 Å². The molecule has 1 saturated carbocycles. The lowest BCUT2D eigenvalue weighted by atomic mass is 9.86. The normalized spacial score (nSPS) is 21.0. The molecule has 1 aromatic carbocycles. The second kappa shape index (κ2) is 7.67. The Morgan fingerprint density at radius 3 is 2.81 bits per heavy atom. The van der Waals surface area contributed by atoms with E-state index in [1.807, 2.05) is 7.05 Å². The molecule has 2 heterocycles. The summed E-state index contributed by atoms with van der Waals surface area (Å²) >= 11 is 0. The number of hydrogen-bond donors (Lipinski definition) is 2. The number of rotatable bonds is 4. The minimum Gasteiger partial charge on any atom is -0.487 e. The number of aryl methyl sites for hydroxylation is 1. The van der Waals surface area contributed by atoms with E-state index < -0.39 is 0 Å². The fourth-order valence-corrected chi connectivity index (χ4v) is 4.38. The lowest BCUT2D eigenvalue weighted by molar-refractivity contribution is 0.0396. The SMILES string of the molecule is CCNC(=NCc1ccn(C)c1)NC1CC2(CCCC2)Oc2ccccc21. The second-order valence-corrected chi connectivity index (χ2v) is 7.81. The van der Waals surface area contributed by atoms with Crippen LogP contribution in [0.15, 0.2) is 47.7 Å². The van der Waals surface area contributed by atoms with Gasteiger partial charge in [-0.15, -0.1) is 0 Å². The van der Waals surface area contributed by atoms with Crippen LogP contribution in [0.1, 0.15) is 56.2 Å². The molecule has 1 aliphatic carbocycles. The first-order valence-electron chi connectivity index (χ1n) is 10.1. The number of guanidine groups is 1. The summed E-state index contributed by atoms with van der Waals surface area (Å²) < 4.78 is 8.54. The van der Waals surface area contributed by atoms with Crippen LogP contribution in [0.5, 0.6) is 5.75 Å². The van der Waals surface area contributed by atoms with Crippen molar-refractivity contribution in [1.29, 1.82) is 0 Å². The van der Waals surface area contributed by atoms with Gasteiger partial charge in [-0.3, -0.25) is 0 Å². The van der Waals surface area contributed by atoms with Gasteiger partial charge in [0, 0.05) is 38.0 Å². The van der Waals surface area contributed by atoms with Gasteiger partial charge in [-0.2, -0.15) is 0 Å². The molecule has 1 aliphatic heterocycles. The third-order valence-corrected chi connectivity index (χ3v) is 5.68. The highest BCUT2D eigenvalue weighted by Gasteiger charge is 2.43. The van der Waals surface area contributed by atoms with E-state index >= 15 is 0 Å². The molecule has 5 heteroatoms. The highest BCUT2D eigenvalue weighted by atomic mass is 16.5. The van der Waals surface area contributed by atoms with E-state index in [1.165, 1.54) is 24.0 Å². The monoisotopic (exact) mass is 366 g/mol. The summed E-state index contributed by atoms with van der Waals surface area (Å²) in [6.07, 6.45) is 10.00. The number of aliphatic imine (C=N–C) groups is 1. The number of para-hydroxylation sites is 1. The maximum atomic E-state index is 6.48. The zero-order valence-electron chi connectivity index (χ0n) is 16.4. The zero-order chi connectivity index (χ0) is 18.7. The average Bonchev–Trinajstić information content (AvgIpc) is 3.29. The van der Waals surface area contributed by atoms with Gasteiger partial charge in [0.25, 0.3) is 0 Å². The fraction of sp³-hybridized carbons (Fsp3) is 0.500. The van der Waals surface area contributed by atoms with E-state index in [0.29, 0.717) is 6.54 Å². The van der Waals surface area contributed by atoms with Gasteiger partial charge < -0.3 is 19.9 Å². The number of ether oxygens (including phenoxy) is 1. The molecule has 0 radical (unpaired) electrons. The standard InChI is InChI=1S/C22H30N4O/c1-3-23-21(24-15-17-10-13-26(2)16-17)25-19-14-22(11-6-7-12-22)27-20-9-5-4-8-18(19)20/h4-5,8-10,13,16,19H,3,6-7,11-12,14-15H2,1-2H3,(H2,23,24,25). The van der Waals surface area contributed by atoms with Gasteiger partial charge in [-0.1, -0.05) is 18.2 Å². The van der Waals surface area contributed by atoms with Gasteiger partial charge in [0.2, 0.25) is 0 Å². The van der Waals surface area contributed by atoms with Crippen LogP contribution >= 0.6 is 0 Å². The molecule has 4 rings (SSSR count). The van der Waals surface area contributed by atoms with Crippen molar-refractivity contribution in [3.05, 3.63) is 53.9 Å². The van der Waals surface area contributed by atoms with Crippen molar-refractivity contribution in [3.63, 3.8) is 0 Å². The summed E-state index contributed by atoms with van der Waals surface area (Å²) in [6.45, 7) is 3.62. The summed E-state index contributed by atoms with van der Waals surface area (Å²) in [6, 6.07) is 10.8. The first-order chi connectivity index (χ1) is 13.2. The third kappa shape index (κ3) is 3.97. The molecule has 2 aliphatic rings. The van der Waals surface area contributed by atoms with Crippen molar-refractivity contribution in [2.24, 2.45) is 12.0 Å². The Balaban J connectivity index is 1.56. The molecule has 144 valence electrons. The highest BCUT2D eigenvalue weighted by molar-refractivity contribution is 5.80. The molecule has 2 aromatic rings. The van der Waals surface area contributed by atoms with Crippen molar-refractivity contribution in [1.82, 2.24) is 15.2 Å². The van der Waals surface area contributed by atoms with E-state index in [1.54, 1.807) is 0 Å². The Labute approximate surface area is 161 Å². The van der Waals surface area contributed by atoms with Crippen LogP contribution in [0.25, 0.3) is 0 Å². The maximum absolute atomic E-state index is 6.48. The first-order valence-corrected chi connectivity index (χ1v) is 10.1. The number of hydrogen-bond acceptors (Lipinski definition) is 2. The molecule has 1 atom stereocenters. The van der Waals surface area contributed by atoms with Crippen LogP contribution in [0.4, 0.5) is 0 Å². The lowest BCUT2D eigenvalue weighted by Gasteiger charge is -2.40. The molecule has 0 bridgehead atoms. The number of benzene rings is 1. The third-order valence-electron chi connectivity index (χ3n) is 5.68. The van der Waals surface area contributed by atoms with Crippen LogP contribution < -0.4 is 15.4 Å². The van der Waals surface area contributed by atoms with Crippen molar-refractivity contribution in [2.75, 3.05) is 6.54 Å². The van der Waals surface area contributed by atoms with Gasteiger partial charge in [0.15, 0.2) is 5.96 Å². The first kappa shape index (κ1) is 18.0. The van der Waals surface area contributed by atoms with Gasteiger partial charge in [-0.25, -0.2) is 4.99 Å². The molecule has 2 N–H and O–H groups in total. The zero-order valence-corrected chi connectivity index (χ0v) is 16.4. The van der Waals surface area contributed by atoms with Crippen LogP contribution in [-0.4, -0.2) is 22.7 Å². The van der Waals surface area contributed by atoms with Gasteiger partial charge in [0.05, 0.1) is 12.6 Å². The Morgan fingerprint density at radius 2 is 2.07 bits per heavy atom. The molecule has 1 unspecified atom stereocenters. The van der Waals surface area contributed by atoms with Gasteiger partial charge >= 0.3 is 0 Å². The average molecular weight is 367 g/mol. The Hall–Kier alpha value is -2.43. The Morgan fingerprint density at radius 1 is 1.26 bits per heavy atom. The van der Waals surface area contributed by atoms with Gasteiger partial charge in [-0.05, 0) is 50.3 Å². The molecule has 1 aromatic heterocycles. The van der Waals surface area contributed by atoms with Crippen molar-refractivity contribution >= 4 is 5.96 Å². The van der Waals surface area contributed by atoms with Gasteiger partial charge in [0.1, 0.15) is 11.4 Å². The Bertz CT molecular complexity index is 804. The summed E-state index contributed by atoms with van der Waals surface area (Å²) in [5.41, 5.74) is 2.44. The topological polar surface area (TPSA) is 50.6 Å². The molecule has 0 amide bonds. The molecule has 0 saturated heterocycles. The van der Waals surface area contributed by atoms with E-state index in [4.69, 9.17) is 9.73 Å². The quantitative estimate of drug-likeness (QED) is 0.637. The molecular formula is C22H30N4O. The number of aromatic nitrogens is 1. The van der Waals surface area contributed by atoms with E-state index in [-0.39, 0.29) is 11.6 Å². The minimum absolute atomic E-state index is 0.0111. The van der Waals surface area contributed by atoms with Crippen LogP contribution in [0, 0.1) is 0 Å². The second-order valence-electron chi connectivity index (χ2n) is 7.81. The summed E-state index contributed by atoms with van der Waals surface area (Å²) in [4.78, 5) is 4.82. The highest BCUT2D eigenvalue weighted by Crippen LogP contribution is 2.46. The van der Waals surface area contributed by atoms with Crippen molar-refractivity contribution in [2.45, 2.75) is 57.2 Å². The van der Waals surface area contributed by atoms with Crippen LogP contribution in [0.3, 0.4) is 0 Å². The largest absolute Gasteiger partial charge is 0.487 e. The molecule has 1 fully saturated rings. The molecule has 1 spiro atoms. The predicted molar refractivity (Wildman–Crippen MR) is 109 cm³/mol. The summed E-state index contributed by atoms with van der Waals surface area (Å²) in [5.74, 6) is 1.90. The summed E-state index contributed by atoms with van der Waals surface area (Å²) in [5, 5.41) is 7.10. The van der Waals surface area contributed by atoms with Crippen molar-refractivity contribution < 1.29 is 4.74 Å². The van der Waals surface area contributed by atoms with Crippen LogP contribution in [-0.2, 0) is 13.6 Å². The summed E-state index contributed by atoms with van der Waals surface area (Å²) in [7, 11) is 2.04. The number of fused-ring (bicyclic) bond motifs is 1. The van der Waals surface area contributed by atoms with Crippen LogP contribution in [0.2, 0.25) is 0 Å². The fourth-order valence-electron chi connectivity index (χ4n) is 4.38. The minimum atomic E-state index is -0.0111. The smallest absolute Gasteiger partial charge is 0.192 e. The predicted octanol–water partition coefficient (Wildman–Crippen LogP) is 3.92.